The fraction of sp³-hybridized carbons (Fsp3) is 0.611. The van der Waals surface area contributed by atoms with Crippen LogP contribution in [-0.2, 0) is 20.9 Å². The molecule has 23 heavy (non-hydrogen) atoms. The van der Waals surface area contributed by atoms with Crippen LogP contribution in [0.15, 0.2) is 24.4 Å². The second-order valence-corrected chi connectivity index (χ2v) is 5.97. The molecule has 1 heterocycles. The third-order valence-electron chi connectivity index (χ3n) is 4.24. The Bertz CT molecular complexity index is 498. The lowest BCUT2D eigenvalue weighted by Gasteiger charge is -2.29. The van der Waals surface area contributed by atoms with Crippen molar-refractivity contribution in [3.05, 3.63) is 30.1 Å². The van der Waals surface area contributed by atoms with Gasteiger partial charge in [-0.3, -0.25) is 14.6 Å². The van der Waals surface area contributed by atoms with Gasteiger partial charge in [-0.1, -0.05) is 25.3 Å². The van der Waals surface area contributed by atoms with E-state index in [0.717, 1.165) is 31.4 Å². The zero-order chi connectivity index (χ0) is 16.5. The SMILES string of the molecule is CCOC(=O)CCN(Cc1ccccn1)C(=O)C1CCCCC1. The number of amides is 1. The van der Waals surface area contributed by atoms with Gasteiger partial charge >= 0.3 is 5.97 Å². The van der Waals surface area contributed by atoms with Crippen molar-refractivity contribution in [2.45, 2.75) is 52.0 Å². The molecule has 126 valence electrons. The molecule has 1 aromatic rings. The fourth-order valence-electron chi connectivity index (χ4n) is 3.02. The lowest BCUT2D eigenvalue weighted by Crippen LogP contribution is -2.38. The van der Waals surface area contributed by atoms with E-state index in [2.05, 4.69) is 4.98 Å². The van der Waals surface area contributed by atoms with Crippen molar-refractivity contribution < 1.29 is 14.3 Å². The monoisotopic (exact) mass is 318 g/mol. The molecule has 0 bridgehead atoms. The van der Waals surface area contributed by atoms with Crippen LogP contribution in [0.2, 0.25) is 0 Å². The average Bonchev–Trinajstić information content (AvgIpc) is 2.60. The Morgan fingerprint density at radius 1 is 1.26 bits per heavy atom. The summed E-state index contributed by atoms with van der Waals surface area (Å²) in [7, 11) is 0. The Hall–Kier alpha value is -1.91. The molecule has 2 rings (SSSR count). The summed E-state index contributed by atoms with van der Waals surface area (Å²) in [6.45, 7) is 3.01. The van der Waals surface area contributed by atoms with E-state index in [1.807, 2.05) is 18.2 Å². The van der Waals surface area contributed by atoms with Crippen LogP contribution in [0.25, 0.3) is 0 Å². The van der Waals surface area contributed by atoms with E-state index in [9.17, 15) is 9.59 Å². The molecule has 0 saturated heterocycles. The van der Waals surface area contributed by atoms with Crippen LogP contribution in [0.4, 0.5) is 0 Å². The quantitative estimate of drug-likeness (QED) is 0.725. The van der Waals surface area contributed by atoms with Crippen LogP contribution >= 0.6 is 0 Å². The Morgan fingerprint density at radius 2 is 2.04 bits per heavy atom. The highest BCUT2D eigenvalue weighted by Gasteiger charge is 2.26. The first-order valence-electron chi connectivity index (χ1n) is 8.55. The highest BCUT2D eigenvalue weighted by atomic mass is 16.5. The van der Waals surface area contributed by atoms with E-state index in [4.69, 9.17) is 4.74 Å². The maximum atomic E-state index is 12.8. The van der Waals surface area contributed by atoms with Gasteiger partial charge in [0.25, 0.3) is 0 Å². The van der Waals surface area contributed by atoms with E-state index in [0.29, 0.717) is 19.7 Å². The van der Waals surface area contributed by atoms with E-state index in [1.165, 1.54) is 6.42 Å². The minimum absolute atomic E-state index is 0.0923. The largest absolute Gasteiger partial charge is 0.466 e. The lowest BCUT2D eigenvalue weighted by molar-refractivity contribution is -0.145. The third-order valence-corrected chi connectivity index (χ3v) is 4.24. The standard InChI is InChI=1S/C18H26N2O3/c1-2-23-17(21)11-13-20(14-16-10-6-7-12-19-16)18(22)15-8-4-3-5-9-15/h6-7,10,12,15H,2-5,8-9,11,13-14H2,1H3. The van der Waals surface area contributed by atoms with Crippen LogP contribution in [0.5, 0.6) is 0 Å². The highest BCUT2D eigenvalue weighted by molar-refractivity contribution is 5.79. The first-order valence-corrected chi connectivity index (χ1v) is 8.55. The van der Waals surface area contributed by atoms with Crippen LogP contribution in [0.1, 0.15) is 51.1 Å². The Labute approximate surface area is 138 Å². The number of carbonyl (C=O) groups is 2. The first-order chi connectivity index (χ1) is 11.2. The minimum atomic E-state index is -0.255. The van der Waals surface area contributed by atoms with Gasteiger partial charge in [-0.25, -0.2) is 0 Å². The van der Waals surface area contributed by atoms with E-state index in [-0.39, 0.29) is 24.2 Å². The van der Waals surface area contributed by atoms with Crippen molar-refractivity contribution in [1.82, 2.24) is 9.88 Å². The molecule has 0 unspecified atom stereocenters. The molecule has 0 aromatic carbocycles. The average molecular weight is 318 g/mol. The van der Waals surface area contributed by atoms with Crippen molar-refractivity contribution >= 4 is 11.9 Å². The van der Waals surface area contributed by atoms with Gasteiger partial charge in [0.1, 0.15) is 0 Å². The van der Waals surface area contributed by atoms with Gasteiger partial charge in [-0.05, 0) is 31.9 Å². The molecule has 1 amide bonds. The van der Waals surface area contributed by atoms with Gasteiger partial charge < -0.3 is 9.64 Å². The smallest absolute Gasteiger partial charge is 0.307 e. The summed E-state index contributed by atoms with van der Waals surface area (Å²) in [6.07, 6.45) is 7.32. The molecule has 1 aromatic heterocycles. The zero-order valence-electron chi connectivity index (χ0n) is 13.9. The number of aromatic nitrogens is 1. The molecular weight excluding hydrogens is 292 g/mol. The van der Waals surface area contributed by atoms with Crippen molar-refractivity contribution in [2.24, 2.45) is 5.92 Å². The highest BCUT2D eigenvalue weighted by Crippen LogP contribution is 2.26. The number of carbonyl (C=O) groups excluding carboxylic acids is 2. The minimum Gasteiger partial charge on any atom is -0.466 e. The van der Waals surface area contributed by atoms with Crippen molar-refractivity contribution in [3.63, 3.8) is 0 Å². The van der Waals surface area contributed by atoms with Gasteiger partial charge in [0.2, 0.25) is 5.91 Å². The number of hydrogen-bond donors (Lipinski definition) is 0. The normalized spacial score (nSPS) is 15.2. The molecule has 5 nitrogen and oxygen atoms in total. The predicted octanol–water partition coefficient (Wildman–Crippen LogP) is 2.94. The molecule has 0 aliphatic heterocycles. The van der Waals surface area contributed by atoms with Crippen LogP contribution in [0, 0.1) is 5.92 Å². The summed E-state index contributed by atoms with van der Waals surface area (Å²) in [5, 5.41) is 0. The van der Waals surface area contributed by atoms with Crippen molar-refractivity contribution in [2.75, 3.05) is 13.2 Å². The molecule has 0 spiro atoms. The molecule has 1 saturated carbocycles. The molecule has 0 radical (unpaired) electrons. The van der Waals surface area contributed by atoms with Crippen molar-refractivity contribution in [1.29, 1.82) is 0 Å². The van der Waals surface area contributed by atoms with Crippen LogP contribution in [-0.4, -0.2) is 34.9 Å². The summed E-state index contributed by atoms with van der Waals surface area (Å²) < 4.78 is 4.98. The maximum Gasteiger partial charge on any atom is 0.307 e. The summed E-state index contributed by atoms with van der Waals surface area (Å²) in [5.74, 6) is -0.00993. The number of nitrogens with zero attached hydrogens (tertiary/aromatic N) is 2. The molecule has 1 fully saturated rings. The maximum absolute atomic E-state index is 12.8. The van der Waals surface area contributed by atoms with Gasteiger partial charge in [-0.2, -0.15) is 0 Å². The topological polar surface area (TPSA) is 59.5 Å². The lowest BCUT2D eigenvalue weighted by atomic mass is 9.88. The molecule has 0 atom stereocenters. The zero-order valence-corrected chi connectivity index (χ0v) is 13.9. The summed E-state index contributed by atoms with van der Waals surface area (Å²) >= 11 is 0. The third kappa shape index (κ3) is 5.66. The predicted molar refractivity (Wildman–Crippen MR) is 87.5 cm³/mol. The van der Waals surface area contributed by atoms with E-state index < -0.39 is 0 Å². The second-order valence-electron chi connectivity index (χ2n) is 5.97. The molecule has 0 N–H and O–H groups in total. The van der Waals surface area contributed by atoms with Crippen LogP contribution in [0.3, 0.4) is 0 Å². The van der Waals surface area contributed by atoms with Gasteiger partial charge in [0.15, 0.2) is 0 Å². The molecular formula is C18H26N2O3. The summed E-state index contributed by atoms with van der Waals surface area (Å²) in [6, 6.07) is 5.68. The Morgan fingerprint density at radius 3 is 2.70 bits per heavy atom. The molecule has 1 aliphatic carbocycles. The van der Waals surface area contributed by atoms with Gasteiger partial charge in [0, 0.05) is 18.7 Å². The number of ether oxygens (including phenoxy) is 1. The van der Waals surface area contributed by atoms with E-state index in [1.54, 1.807) is 18.0 Å². The second kappa shape index (κ2) is 9.28. The number of rotatable bonds is 7. The molecule has 5 heteroatoms. The Balaban J connectivity index is 2.00. The van der Waals surface area contributed by atoms with Gasteiger partial charge in [-0.15, -0.1) is 0 Å². The molecule has 1 aliphatic rings. The van der Waals surface area contributed by atoms with E-state index >= 15 is 0 Å². The Kier molecular flexibility index (Phi) is 7.04. The van der Waals surface area contributed by atoms with Crippen LogP contribution < -0.4 is 0 Å². The number of pyridine rings is 1. The van der Waals surface area contributed by atoms with Gasteiger partial charge in [0.05, 0.1) is 25.3 Å². The summed E-state index contributed by atoms with van der Waals surface area (Å²) in [4.78, 5) is 30.5. The van der Waals surface area contributed by atoms with Crippen molar-refractivity contribution in [3.8, 4) is 0 Å². The summed E-state index contributed by atoms with van der Waals surface area (Å²) in [5.41, 5.74) is 0.848. The fourth-order valence-corrected chi connectivity index (χ4v) is 3.02. The number of esters is 1. The first kappa shape index (κ1) is 17.4. The number of hydrogen-bond acceptors (Lipinski definition) is 4.